The first-order valence-electron chi connectivity index (χ1n) is 5.66. The molecule has 1 saturated heterocycles. The molecule has 0 saturated carbocycles. The maximum atomic E-state index is 11.6. The highest BCUT2D eigenvalue weighted by Gasteiger charge is 2.47. The summed E-state index contributed by atoms with van der Waals surface area (Å²) in [6.07, 6.45) is -4.94. The molecule has 1 aliphatic rings. The second-order valence-electron chi connectivity index (χ2n) is 4.16. The lowest BCUT2D eigenvalue weighted by atomic mass is 10.1. The van der Waals surface area contributed by atoms with Crippen LogP contribution in [-0.4, -0.2) is 50.8 Å². The summed E-state index contributed by atoms with van der Waals surface area (Å²) in [5.41, 5.74) is 3.44. The van der Waals surface area contributed by atoms with Gasteiger partial charge in [0.15, 0.2) is 12.3 Å². The molecule has 10 nitrogen and oxygen atoms in total. The van der Waals surface area contributed by atoms with Crippen LogP contribution in [0.4, 0.5) is 4.79 Å². The summed E-state index contributed by atoms with van der Waals surface area (Å²) in [5.74, 6) is 0. The number of carbonyl (C=O) groups is 1. The van der Waals surface area contributed by atoms with Crippen molar-refractivity contribution < 1.29 is 24.5 Å². The molecular formula is C10H13N3O7. The average Bonchev–Trinajstić information content (AvgIpc) is 2.67. The van der Waals surface area contributed by atoms with E-state index in [0.717, 1.165) is 16.8 Å². The molecule has 20 heavy (non-hydrogen) atoms. The van der Waals surface area contributed by atoms with Gasteiger partial charge >= 0.3 is 11.8 Å². The maximum Gasteiger partial charge on any atom is 0.404 e. The topological polar surface area (TPSA) is 157 Å². The van der Waals surface area contributed by atoms with E-state index in [1.54, 1.807) is 0 Å². The molecule has 2 heterocycles. The highest BCUT2D eigenvalue weighted by molar-refractivity contribution is 5.65. The largest absolute Gasteiger partial charge is 0.441 e. The third-order valence-corrected chi connectivity index (χ3v) is 2.87. The fourth-order valence-electron chi connectivity index (χ4n) is 2.00. The zero-order valence-electron chi connectivity index (χ0n) is 10.1. The fraction of sp³-hybridized carbons (Fsp3) is 0.500. The van der Waals surface area contributed by atoms with Crippen molar-refractivity contribution >= 4 is 6.09 Å². The summed E-state index contributed by atoms with van der Waals surface area (Å²) in [5, 5.41) is 19.2. The van der Waals surface area contributed by atoms with Crippen molar-refractivity contribution in [1.82, 2.24) is 9.55 Å². The molecule has 4 atom stereocenters. The van der Waals surface area contributed by atoms with Crippen LogP contribution >= 0.6 is 0 Å². The minimum atomic E-state index is -1.43. The first kappa shape index (κ1) is 14.2. The van der Waals surface area contributed by atoms with Gasteiger partial charge in [-0.1, -0.05) is 0 Å². The van der Waals surface area contributed by atoms with E-state index in [9.17, 15) is 19.5 Å². The van der Waals surface area contributed by atoms with Gasteiger partial charge in [-0.15, -0.1) is 0 Å². The monoisotopic (exact) mass is 287 g/mol. The van der Waals surface area contributed by atoms with Crippen LogP contribution in [0, 0.1) is 0 Å². The Morgan fingerprint density at radius 3 is 2.80 bits per heavy atom. The molecule has 2 rings (SSSR count). The lowest BCUT2D eigenvalue weighted by molar-refractivity contribution is -0.0553. The third-order valence-electron chi connectivity index (χ3n) is 2.87. The Morgan fingerprint density at radius 2 is 2.25 bits per heavy atom. The van der Waals surface area contributed by atoms with Crippen molar-refractivity contribution in [3.8, 4) is 0 Å². The number of carbonyl (C=O) groups excluding carboxylic acids is 1. The van der Waals surface area contributed by atoms with E-state index in [2.05, 4.69) is 4.74 Å². The van der Waals surface area contributed by atoms with Gasteiger partial charge in [0.2, 0.25) is 0 Å². The SMILES string of the molecule is NC(=O)O[C@@H]1[C@H](O)[C@H](n2ccc(=O)[nH]c2=O)O[C@@H]1CO. The smallest absolute Gasteiger partial charge is 0.404 e. The molecule has 0 radical (unpaired) electrons. The van der Waals surface area contributed by atoms with Crippen molar-refractivity contribution in [2.45, 2.75) is 24.5 Å². The quantitative estimate of drug-likeness (QED) is 0.469. The second-order valence-corrected chi connectivity index (χ2v) is 4.16. The first-order chi connectivity index (χ1) is 9.43. The maximum absolute atomic E-state index is 11.6. The Morgan fingerprint density at radius 1 is 1.55 bits per heavy atom. The van der Waals surface area contributed by atoms with Gasteiger partial charge in [-0.3, -0.25) is 14.3 Å². The number of ether oxygens (including phenoxy) is 2. The number of nitrogens with two attached hydrogens (primary N) is 1. The van der Waals surface area contributed by atoms with Crippen molar-refractivity contribution in [3.05, 3.63) is 33.1 Å². The van der Waals surface area contributed by atoms with Crippen LogP contribution in [0.5, 0.6) is 0 Å². The minimum absolute atomic E-state index is 0.552. The zero-order chi connectivity index (χ0) is 14.9. The summed E-state index contributed by atoms with van der Waals surface area (Å²) in [6, 6.07) is 1.06. The number of hydrogen-bond acceptors (Lipinski definition) is 7. The van der Waals surface area contributed by atoms with Gasteiger partial charge in [-0.05, 0) is 0 Å². The Bertz CT molecular complexity index is 609. The lowest BCUT2D eigenvalue weighted by Crippen LogP contribution is -2.40. The Kier molecular flexibility index (Phi) is 3.88. The number of nitrogens with one attached hydrogen (secondary N) is 1. The Balaban J connectivity index is 2.32. The normalized spacial score (nSPS) is 29.3. The molecule has 0 aromatic carbocycles. The number of rotatable bonds is 3. The van der Waals surface area contributed by atoms with E-state index in [0.29, 0.717) is 0 Å². The van der Waals surface area contributed by atoms with Gasteiger partial charge in [0.05, 0.1) is 6.61 Å². The van der Waals surface area contributed by atoms with E-state index in [1.165, 1.54) is 0 Å². The molecule has 1 aromatic heterocycles. The summed E-state index contributed by atoms with van der Waals surface area (Å²) in [4.78, 5) is 35.3. The van der Waals surface area contributed by atoms with E-state index >= 15 is 0 Å². The van der Waals surface area contributed by atoms with Gasteiger partial charge in [-0.2, -0.15) is 0 Å². The third kappa shape index (κ3) is 2.57. The molecule has 0 unspecified atom stereocenters. The molecule has 110 valence electrons. The van der Waals surface area contributed by atoms with Crippen LogP contribution in [-0.2, 0) is 9.47 Å². The Labute approximate surface area is 111 Å². The molecule has 5 N–H and O–H groups in total. The number of aromatic nitrogens is 2. The van der Waals surface area contributed by atoms with Crippen LogP contribution in [0.25, 0.3) is 0 Å². The number of nitrogens with zero attached hydrogens (tertiary/aromatic N) is 1. The minimum Gasteiger partial charge on any atom is -0.441 e. The zero-order valence-corrected chi connectivity index (χ0v) is 10.1. The molecule has 0 spiro atoms. The van der Waals surface area contributed by atoms with Crippen LogP contribution in [0.1, 0.15) is 6.23 Å². The molecular weight excluding hydrogens is 274 g/mol. The molecule has 1 amide bonds. The summed E-state index contributed by atoms with van der Waals surface area (Å²) in [7, 11) is 0. The van der Waals surface area contributed by atoms with Crippen molar-refractivity contribution in [2.24, 2.45) is 5.73 Å². The van der Waals surface area contributed by atoms with E-state index in [-0.39, 0.29) is 0 Å². The second kappa shape index (κ2) is 5.45. The number of amides is 1. The van der Waals surface area contributed by atoms with Gasteiger partial charge in [0.1, 0.15) is 12.2 Å². The van der Waals surface area contributed by atoms with E-state index in [1.807, 2.05) is 4.98 Å². The number of primary amides is 1. The van der Waals surface area contributed by atoms with Gasteiger partial charge < -0.3 is 25.4 Å². The average molecular weight is 287 g/mol. The fourth-order valence-corrected chi connectivity index (χ4v) is 2.00. The highest BCUT2D eigenvalue weighted by Crippen LogP contribution is 2.30. The van der Waals surface area contributed by atoms with Gasteiger partial charge in [0, 0.05) is 12.3 Å². The highest BCUT2D eigenvalue weighted by atomic mass is 16.6. The molecule has 1 aliphatic heterocycles. The molecule has 1 aromatic rings. The molecule has 10 heteroatoms. The molecule has 1 fully saturated rings. The van der Waals surface area contributed by atoms with Crippen LogP contribution in [0.15, 0.2) is 21.9 Å². The number of hydrogen-bond donors (Lipinski definition) is 4. The van der Waals surface area contributed by atoms with Crippen LogP contribution < -0.4 is 17.0 Å². The number of aromatic amines is 1. The van der Waals surface area contributed by atoms with Crippen molar-refractivity contribution in [1.29, 1.82) is 0 Å². The summed E-state index contributed by atoms with van der Waals surface area (Å²) >= 11 is 0. The number of aliphatic hydroxyl groups is 2. The lowest BCUT2D eigenvalue weighted by Gasteiger charge is -2.18. The van der Waals surface area contributed by atoms with Gasteiger partial charge in [0.25, 0.3) is 5.56 Å². The van der Waals surface area contributed by atoms with Crippen molar-refractivity contribution in [3.63, 3.8) is 0 Å². The number of aliphatic hydroxyl groups excluding tert-OH is 2. The van der Waals surface area contributed by atoms with Crippen molar-refractivity contribution in [2.75, 3.05) is 6.61 Å². The number of H-pyrrole nitrogens is 1. The predicted octanol–water partition coefficient (Wildman–Crippen LogP) is -2.75. The molecule has 0 aliphatic carbocycles. The predicted molar refractivity (Wildman–Crippen MR) is 62.8 cm³/mol. The standard InChI is InChI=1S/C10H13N3O7/c11-9(17)20-7-4(3-14)19-8(6(7)16)13-2-1-5(15)12-10(13)18/h1-2,4,6-8,14,16H,3H2,(H2,11,17)(H,12,15,18)/t4-,6+,7+,8-/m1/s1. The molecule has 0 bridgehead atoms. The van der Waals surface area contributed by atoms with Gasteiger partial charge in [-0.25, -0.2) is 9.59 Å². The van der Waals surface area contributed by atoms with E-state index in [4.69, 9.17) is 15.6 Å². The summed E-state index contributed by atoms with van der Waals surface area (Å²) < 4.78 is 10.8. The van der Waals surface area contributed by atoms with Crippen LogP contribution in [0.2, 0.25) is 0 Å². The summed E-state index contributed by atoms with van der Waals surface area (Å²) in [6.45, 7) is -0.552. The first-order valence-corrected chi connectivity index (χ1v) is 5.66. The van der Waals surface area contributed by atoms with Crippen LogP contribution in [0.3, 0.4) is 0 Å². The Hall–Kier alpha value is -2.17. The van der Waals surface area contributed by atoms with E-state index < -0.39 is 48.5 Å².